The monoisotopic (exact) mass is 350 g/mol. The summed E-state index contributed by atoms with van der Waals surface area (Å²) in [5.41, 5.74) is 2.57. The minimum absolute atomic E-state index is 0.145. The second-order valence-electron chi connectivity index (χ2n) is 7.01. The first-order valence-electron chi connectivity index (χ1n) is 9.33. The maximum atomic E-state index is 14.5. The number of hydrogen-bond acceptors (Lipinski definition) is 0. The molecule has 0 heterocycles. The van der Waals surface area contributed by atoms with E-state index in [9.17, 15) is 8.78 Å². The molecule has 1 saturated carbocycles. The summed E-state index contributed by atoms with van der Waals surface area (Å²) < 4.78 is 28.9. The first-order valence-corrected chi connectivity index (χ1v) is 9.33. The van der Waals surface area contributed by atoms with Gasteiger partial charge in [0.2, 0.25) is 0 Å². The molecule has 0 saturated heterocycles. The van der Waals surface area contributed by atoms with E-state index in [1.165, 1.54) is 17.7 Å². The highest BCUT2D eigenvalue weighted by atomic mass is 19.1. The summed E-state index contributed by atoms with van der Waals surface area (Å²) >= 11 is 0. The van der Waals surface area contributed by atoms with Gasteiger partial charge in [0.25, 0.3) is 0 Å². The summed E-state index contributed by atoms with van der Waals surface area (Å²) in [7, 11) is 0. The van der Waals surface area contributed by atoms with Crippen molar-refractivity contribution in [1.29, 1.82) is 0 Å². The Kier molecular flexibility index (Phi) is 5.89. The molecule has 0 unspecified atom stereocenters. The second-order valence-corrected chi connectivity index (χ2v) is 7.01. The third-order valence-electron chi connectivity index (χ3n) is 5.34. The molecule has 0 N–H and O–H groups in total. The fourth-order valence-electron chi connectivity index (χ4n) is 3.59. The predicted octanol–water partition coefficient (Wildman–Crippen LogP) is 6.39. The lowest BCUT2D eigenvalue weighted by Gasteiger charge is -2.27. The number of rotatable bonds is 3. The summed E-state index contributed by atoms with van der Waals surface area (Å²) in [4.78, 5) is 0. The minimum atomic E-state index is -0.566. The van der Waals surface area contributed by atoms with Crippen LogP contribution in [0.5, 0.6) is 0 Å². The zero-order valence-corrected chi connectivity index (χ0v) is 15.2. The molecule has 0 spiro atoms. The molecule has 134 valence electrons. The van der Waals surface area contributed by atoms with E-state index in [1.54, 1.807) is 0 Å². The number of benzene rings is 2. The molecule has 0 nitrogen and oxygen atoms in total. The van der Waals surface area contributed by atoms with E-state index in [0.717, 1.165) is 43.2 Å². The van der Waals surface area contributed by atoms with Crippen LogP contribution >= 0.6 is 0 Å². The van der Waals surface area contributed by atoms with Crippen molar-refractivity contribution in [2.24, 2.45) is 5.92 Å². The Morgan fingerprint density at radius 1 is 1.00 bits per heavy atom. The van der Waals surface area contributed by atoms with Crippen LogP contribution in [0.25, 0.3) is 0 Å². The lowest BCUT2D eigenvalue weighted by Crippen LogP contribution is -2.12. The van der Waals surface area contributed by atoms with Gasteiger partial charge in [-0.2, -0.15) is 0 Å². The Bertz CT molecular complexity index is 806. The van der Waals surface area contributed by atoms with E-state index in [0.29, 0.717) is 5.92 Å². The molecule has 0 atom stereocenters. The predicted molar refractivity (Wildman–Crippen MR) is 103 cm³/mol. The molecule has 2 aromatic rings. The highest BCUT2D eigenvalue weighted by molar-refractivity contribution is 5.46. The summed E-state index contributed by atoms with van der Waals surface area (Å²) in [6, 6.07) is 10.7. The summed E-state index contributed by atoms with van der Waals surface area (Å²) in [5, 5.41) is 0. The van der Waals surface area contributed by atoms with Gasteiger partial charge in [-0.1, -0.05) is 37.0 Å². The van der Waals surface area contributed by atoms with Gasteiger partial charge in [-0.05, 0) is 79.3 Å². The topological polar surface area (TPSA) is 0 Å². The van der Waals surface area contributed by atoms with Gasteiger partial charge in [0.05, 0.1) is 5.56 Å². The molecule has 0 radical (unpaired) electrons. The zero-order valence-electron chi connectivity index (χ0n) is 15.2. The SMILES string of the molecule is C=CC1CCC(c2cc(F)c(C#Cc3ccc(CC)cc3)c(F)c2)CC1. The number of allylic oxidation sites excluding steroid dienone is 1. The first-order chi connectivity index (χ1) is 12.6. The van der Waals surface area contributed by atoms with Crippen molar-refractivity contribution < 1.29 is 8.78 Å². The zero-order chi connectivity index (χ0) is 18.5. The van der Waals surface area contributed by atoms with E-state index >= 15 is 0 Å². The van der Waals surface area contributed by atoms with E-state index in [1.807, 2.05) is 30.3 Å². The summed E-state index contributed by atoms with van der Waals surface area (Å²) in [6.45, 7) is 5.92. The first kappa shape index (κ1) is 18.4. The van der Waals surface area contributed by atoms with Crippen LogP contribution in [0.2, 0.25) is 0 Å². The Balaban J connectivity index is 1.79. The Morgan fingerprint density at radius 2 is 1.62 bits per heavy atom. The third kappa shape index (κ3) is 4.22. The lowest BCUT2D eigenvalue weighted by molar-refractivity contribution is 0.374. The standard InChI is InChI=1S/C24H24F2/c1-3-17-5-7-19(8-6-17)11-14-22-23(25)15-21(16-24(22)26)20-12-9-18(4-2)10-13-20/h4-8,15-16,18,20H,2-3,9-10,12-13H2,1H3. The molecule has 0 aromatic heterocycles. The molecule has 0 aliphatic heterocycles. The van der Waals surface area contributed by atoms with Crippen LogP contribution in [0.3, 0.4) is 0 Å². The van der Waals surface area contributed by atoms with E-state index < -0.39 is 11.6 Å². The molecule has 2 heteroatoms. The molecule has 26 heavy (non-hydrogen) atoms. The van der Waals surface area contributed by atoms with Gasteiger partial charge in [0.1, 0.15) is 11.6 Å². The molecular formula is C24H24F2. The smallest absolute Gasteiger partial charge is 0.142 e. The van der Waals surface area contributed by atoms with E-state index in [4.69, 9.17) is 0 Å². The second kappa shape index (κ2) is 8.32. The Labute approximate surface area is 155 Å². The average Bonchev–Trinajstić information content (AvgIpc) is 2.67. The van der Waals surface area contributed by atoms with Gasteiger partial charge in [0, 0.05) is 5.56 Å². The number of hydrogen-bond donors (Lipinski definition) is 0. The molecule has 0 amide bonds. The van der Waals surface area contributed by atoms with Crippen molar-refractivity contribution in [1.82, 2.24) is 0 Å². The van der Waals surface area contributed by atoms with Crippen LogP contribution in [0.1, 0.15) is 60.8 Å². The fraction of sp³-hybridized carbons (Fsp3) is 0.333. The van der Waals surface area contributed by atoms with Crippen LogP contribution in [0.15, 0.2) is 49.1 Å². The van der Waals surface area contributed by atoms with E-state index in [-0.39, 0.29) is 11.5 Å². The molecule has 3 rings (SSSR count). The third-order valence-corrected chi connectivity index (χ3v) is 5.34. The van der Waals surface area contributed by atoms with Gasteiger partial charge < -0.3 is 0 Å². The van der Waals surface area contributed by atoms with Crippen molar-refractivity contribution in [3.8, 4) is 11.8 Å². The molecule has 1 aliphatic carbocycles. The Hall–Kier alpha value is -2.40. The largest absolute Gasteiger partial charge is 0.206 e. The quantitative estimate of drug-likeness (QED) is 0.445. The van der Waals surface area contributed by atoms with Crippen LogP contribution in [0.4, 0.5) is 8.78 Å². The molecule has 0 bridgehead atoms. The van der Waals surface area contributed by atoms with Gasteiger partial charge >= 0.3 is 0 Å². The Morgan fingerprint density at radius 3 is 2.15 bits per heavy atom. The number of aryl methyl sites for hydroxylation is 1. The average molecular weight is 350 g/mol. The summed E-state index contributed by atoms with van der Waals surface area (Å²) in [5.74, 6) is 5.15. The maximum absolute atomic E-state index is 14.5. The number of halogens is 2. The highest BCUT2D eigenvalue weighted by Crippen LogP contribution is 2.37. The van der Waals surface area contributed by atoms with E-state index in [2.05, 4.69) is 25.3 Å². The fourth-order valence-corrected chi connectivity index (χ4v) is 3.59. The van der Waals surface area contributed by atoms with Crippen molar-refractivity contribution in [2.75, 3.05) is 0 Å². The van der Waals surface area contributed by atoms with Crippen molar-refractivity contribution >= 4 is 0 Å². The van der Waals surface area contributed by atoms with Crippen LogP contribution in [-0.2, 0) is 6.42 Å². The normalized spacial score (nSPS) is 19.5. The van der Waals surface area contributed by atoms with Crippen LogP contribution < -0.4 is 0 Å². The highest BCUT2D eigenvalue weighted by Gasteiger charge is 2.22. The summed E-state index contributed by atoms with van der Waals surface area (Å²) in [6.07, 6.45) is 6.91. The molecule has 1 aliphatic rings. The molecular weight excluding hydrogens is 326 g/mol. The van der Waals surface area contributed by atoms with Gasteiger partial charge in [-0.3, -0.25) is 0 Å². The van der Waals surface area contributed by atoms with Gasteiger partial charge in [-0.15, -0.1) is 6.58 Å². The molecule has 1 fully saturated rings. The maximum Gasteiger partial charge on any atom is 0.142 e. The minimum Gasteiger partial charge on any atom is -0.206 e. The van der Waals surface area contributed by atoms with Crippen molar-refractivity contribution in [2.45, 2.75) is 44.9 Å². The van der Waals surface area contributed by atoms with Gasteiger partial charge in [-0.25, -0.2) is 8.78 Å². The van der Waals surface area contributed by atoms with Gasteiger partial charge in [0.15, 0.2) is 0 Å². The van der Waals surface area contributed by atoms with Crippen LogP contribution in [-0.4, -0.2) is 0 Å². The molecule has 2 aromatic carbocycles. The van der Waals surface area contributed by atoms with Crippen molar-refractivity contribution in [3.05, 3.63) is 82.9 Å². The lowest BCUT2D eigenvalue weighted by atomic mass is 9.78. The van der Waals surface area contributed by atoms with Crippen molar-refractivity contribution in [3.63, 3.8) is 0 Å². The van der Waals surface area contributed by atoms with Crippen LogP contribution in [0, 0.1) is 29.4 Å².